The number of fused-ring (bicyclic) bond motifs is 1. The first-order valence-electron chi connectivity index (χ1n) is 9.19. The fourth-order valence-electron chi connectivity index (χ4n) is 2.76. The fraction of sp³-hybridized carbons (Fsp3) is 0.350. The number of carbonyl (C=O) groups is 1. The molecule has 1 unspecified atom stereocenters. The topological polar surface area (TPSA) is 94.2 Å². The van der Waals surface area contributed by atoms with E-state index in [1.807, 2.05) is 6.92 Å². The molecule has 1 N–H and O–H groups in total. The van der Waals surface area contributed by atoms with Gasteiger partial charge in [0, 0.05) is 18.8 Å². The molecule has 1 amide bonds. The Morgan fingerprint density at radius 1 is 1.14 bits per heavy atom. The first kappa shape index (κ1) is 20.8. The Hall–Kier alpha value is -2.94. The van der Waals surface area contributed by atoms with Crippen LogP contribution in [0.5, 0.6) is 17.2 Å². The molecule has 1 aliphatic rings. The lowest BCUT2D eigenvalue weighted by molar-refractivity contribution is -0.122. The summed E-state index contributed by atoms with van der Waals surface area (Å²) in [5, 5.41) is 2.83. The van der Waals surface area contributed by atoms with Crippen molar-refractivity contribution in [2.45, 2.75) is 19.4 Å². The Labute approximate surface area is 170 Å². The van der Waals surface area contributed by atoms with Crippen LogP contribution in [0.1, 0.15) is 13.3 Å². The molecule has 1 heterocycles. The third-order valence-corrected chi connectivity index (χ3v) is 5.65. The number of amides is 1. The van der Waals surface area contributed by atoms with Crippen LogP contribution in [0.25, 0.3) is 0 Å². The van der Waals surface area contributed by atoms with Crippen molar-refractivity contribution in [1.29, 1.82) is 0 Å². The molecule has 0 spiro atoms. The van der Waals surface area contributed by atoms with Crippen LogP contribution in [0.15, 0.2) is 42.5 Å². The predicted molar refractivity (Wildman–Crippen MR) is 110 cm³/mol. The van der Waals surface area contributed by atoms with Gasteiger partial charge < -0.3 is 19.5 Å². The van der Waals surface area contributed by atoms with Crippen LogP contribution in [0.4, 0.5) is 11.4 Å². The average Bonchev–Trinajstić information content (AvgIpc) is 2.71. The summed E-state index contributed by atoms with van der Waals surface area (Å²) in [5.74, 6) is 1.42. The number of rotatable bonds is 7. The Morgan fingerprint density at radius 3 is 2.41 bits per heavy atom. The second kappa shape index (κ2) is 8.60. The van der Waals surface area contributed by atoms with Crippen molar-refractivity contribution in [1.82, 2.24) is 0 Å². The van der Waals surface area contributed by atoms with Crippen LogP contribution < -0.4 is 23.8 Å². The molecular formula is C20H24N2O6S. The molecule has 29 heavy (non-hydrogen) atoms. The van der Waals surface area contributed by atoms with Crippen molar-refractivity contribution in [2.75, 3.05) is 36.1 Å². The van der Waals surface area contributed by atoms with Gasteiger partial charge in [-0.25, -0.2) is 8.42 Å². The van der Waals surface area contributed by atoms with Crippen molar-refractivity contribution in [3.05, 3.63) is 42.5 Å². The Morgan fingerprint density at radius 2 is 1.79 bits per heavy atom. The molecule has 2 aromatic rings. The number of carbonyl (C=O) groups excluding carboxylic acids is 1. The first-order chi connectivity index (χ1) is 13.8. The lowest BCUT2D eigenvalue weighted by Crippen LogP contribution is -2.32. The zero-order valence-electron chi connectivity index (χ0n) is 16.5. The van der Waals surface area contributed by atoms with E-state index in [1.54, 1.807) is 42.5 Å². The highest BCUT2D eigenvalue weighted by Crippen LogP contribution is 2.32. The summed E-state index contributed by atoms with van der Waals surface area (Å²) < 4.78 is 41.2. The minimum Gasteiger partial charge on any atom is -0.486 e. The van der Waals surface area contributed by atoms with Gasteiger partial charge in [-0.1, -0.05) is 6.92 Å². The maximum Gasteiger partial charge on any atom is 0.265 e. The lowest BCUT2D eigenvalue weighted by atomic mass is 10.2. The fourth-order valence-corrected chi connectivity index (χ4v) is 3.26. The van der Waals surface area contributed by atoms with E-state index >= 15 is 0 Å². The van der Waals surface area contributed by atoms with Gasteiger partial charge in [-0.2, -0.15) is 0 Å². The van der Waals surface area contributed by atoms with Crippen LogP contribution in [0.3, 0.4) is 0 Å². The monoisotopic (exact) mass is 420 g/mol. The molecule has 1 atom stereocenters. The summed E-state index contributed by atoms with van der Waals surface area (Å²) in [4.78, 5) is 12.6. The van der Waals surface area contributed by atoms with Gasteiger partial charge in [0.15, 0.2) is 17.6 Å². The SMILES string of the molecule is CCC(Oc1ccc(N(C)S(C)(=O)=O)cc1)C(=O)Nc1ccc2c(c1)OCCO2. The molecule has 0 saturated carbocycles. The van der Waals surface area contributed by atoms with Gasteiger partial charge >= 0.3 is 0 Å². The third kappa shape index (κ3) is 5.11. The van der Waals surface area contributed by atoms with Crippen LogP contribution in [0.2, 0.25) is 0 Å². The lowest BCUT2D eigenvalue weighted by Gasteiger charge is -2.21. The minimum atomic E-state index is -3.34. The predicted octanol–water partition coefficient (Wildman–Crippen LogP) is 2.65. The molecule has 0 bridgehead atoms. The number of hydrogen-bond donors (Lipinski definition) is 1. The second-order valence-electron chi connectivity index (χ2n) is 6.59. The maximum absolute atomic E-state index is 12.6. The molecule has 9 heteroatoms. The van der Waals surface area contributed by atoms with Gasteiger partial charge in [-0.05, 0) is 42.8 Å². The van der Waals surface area contributed by atoms with Gasteiger partial charge in [0.2, 0.25) is 10.0 Å². The summed E-state index contributed by atoms with van der Waals surface area (Å²) in [6, 6.07) is 11.7. The van der Waals surface area contributed by atoms with Crippen molar-refractivity contribution < 1.29 is 27.4 Å². The van der Waals surface area contributed by atoms with E-state index in [4.69, 9.17) is 14.2 Å². The van der Waals surface area contributed by atoms with E-state index in [0.29, 0.717) is 48.3 Å². The van der Waals surface area contributed by atoms with Gasteiger partial charge in [-0.3, -0.25) is 9.10 Å². The molecule has 0 saturated heterocycles. The van der Waals surface area contributed by atoms with E-state index < -0.39 is 16.1 Å². The molecule has 8 nitrogen and oxygen atoms in total. The van der Waals surface area contributed by atoms with Crippen molar-refractivity contribution in [3.63, 3.8) is 0 Å². The quantitative estimate of drug-likeness (QED) is 0.740. The molecule has 0 fully saturated rings. The molecule has 2 aromatic carbocycles. The van der Waals surface area contributed by atoms with Crippen LogP contribution in [0, 0.1) is 0 Å². The molecule has 1 aliphatic heterocycles. The van der Waals surface area contributed by atoms with Crippen molar-refractivity contribution >= 4 is 27.3 Å². The number of anilines is 2. The van der Waals surface area contributed by atoms with Gasteiger partial charge in [0.1, 0.15) is 19.0 Å². The summed E-state index contributed by atoms with van der Waals surface area (Å²) in [5.41, 5.74) is 1.10. The van der Waals surface area contributed by atoms with E-state index in [0.717, 1.165) is 6.26 Å². The minimum absolute atomic E-state index is 0.290. The van der Waals surface area contributed by atoms with Gasteiger partial charge in [0.05, 0.1) is 11.9 Å². The largest absolute Gasteiger partial charge is 0.486 e. The number of nitrogens with zero attached hydrogens (tertiary/aromatic N) is 1. The summed E-state index contributed by atoms with van der Waals surface area (Å²) in [7, 11) is -1.87. The summed E-state index contributed by atoms with van der Waals surface area (Å²) >= 11 is 0. The number of hydrogen-bond acceptors (Lipinski definition) is 6. The van der Waals surface area contributed by atoms with E-state index in [2.05, 4.69) is 5.32 Å². The second-order valence-corrected chi connectivity index (χ2v) is 8.60. The molecule has 0 radical (unpaired) electrons. The summed E-state index contributed by atoms with van der Waals surface area (Å²) in [6.07, 6.45) is 0.885. The Balaban J connectivity index is 1.65. The van der Waals surface area contributed by atoms with Gasteiger partial charge in [0.25, 0.3) is 5.91 Å². The molecular weight excluding hydrogens is 396 g/mol. The third-order valence-electron chi connectivity index (χ3n) is 4.45. The van der Waals surface area contributed by atoms with Gasteiger partial charge in [-0.15, -0.1) is 0 Å². The number of benzene rings is 2. The van der Waals surface area contributed by atoms with Crippen LogP contribution in [-0.2, 0) is 14.8 Å². The zero-order chi connectivity index (χ0) is 21.0. The van der Waals surface area contributed by atoms with E-state index in [1.165, 1.54) is 11.4 Å². The van der Waals surface area contributed by atoms with Crippen molar-refractivity contribution in [3.8, 4) is 17.2 Å². The maximum atomic E-state index is 12.6. The Kier molecular flexibility index (Phi) is 6.17. The van der Waals surface area contributed by atoms with E-state index in [-0.39, 0.29) is 5.91 Å². The van der Waals surface area contributed by atoms with E-state index in [9.17, 15) is 13.2 Å². The van der Waals surface area contributed by atoms with Crippen LogP contribution >= 0.6 is 0 Å². The highest BCUT2D eigenvalue weighted by Gasteiger charge is 2.20. The smallest absolute Gasteiger partial charge is 0.265 e. The number of ether oxygens (including phenoxy) is 3. The highest BCUT2D eigenvalue weighted by molar-refractivity contribution is 7.92. The zero-order valence-corrected chi connectivity index (χ0v) is 17.4. The Bertz CT molecular complexity index is 975. The highest BCUT2D eigenvalue weighted by atomic mass is 32.2. The average molecular weight is 420 g/mol. The van der Waals surface area contributed by atoms with Crippen molar-refractivity contribution in [2.24, 2.45) is 0 Å². The first-order valence-corrected chi connectivity index (χ1v) is 11.0. The molecule has 0 aromatic heterocycles. The molecule has 0 aliphatic carbocycles. The van der Waals surface area contributed by atoms with Crippen LogP contribution in [-0.4, -0.2) is 46.9 Å². The number of sulfonamides is 1. The molecule has 156 valence electrons. The summed E-state index contributed by atoms with van der Waals surface area (Å²) in [6.45, 7) is 2.82. The molecule has 3 rings (SSSR count). The normalized spacial score (nSPS) is 14.0. The standard InChI is InChI=1S/C20H24N2O6S/c1-4-17(28-16-8-6-15(7-9-16)22(2)29(3,24)25)20(23)21-14-5-10-18-19(13-14)27-12-11-26-18/h5-10,13,17H,4,11-12H2,1-3H3,(H,21,23). The number of nitrogens with one attached hydrogen (secondary N) is 1.